The molecule has 0 unspecified atom stereocenters. The van der Waals surface area contributed by atoms with Crippen LogP contribution in [0.15, 0.2) is 53.7 Å². The van der Waals surface area contributed by atoms with Crippen molar-refractivity contribution in [1.82, 2.24) is 15.6 Å². The number of anilines is 1. The maximum atomic E-state index is 5.44. The molecule has 2 aromatic carbocycles. The Morgan fingerprint density at radius 3 is 2.68 bits per heavy atom. The smallest absolute Gasteiger partial charge is 0.191 e. The number of guanidine groups is 1. The van der Waals surface area contributed by atoms with Crippen LogP contribution in [0.4, 0.5) is 5.69 Å². The molecule has 3 N–H and O–H groups in total. The third-order valence-corrected chi connectivity index (χ3v) is 5.69. The van der Waals surface area contributed by atoms with Gasteiger partial charge in [-0.1, -0.05) is 24.3 Å². The molecule has 6 heteroatoms. The van der Waals surface area contributed by atoms with Crippen LogP contribution in [0.3, 0.4) is 0 Å². The summed E-state index contributed by atoms with van der Waals surface area (Å²) >= 11 is 0. The number of aryl methyl sites for hydroxylation is 1. The van der Waals surface area contributed by atoms with Crippen LogP contribution in [-0.4, -0.2) is 50.3 Å². The van der Waals surface area contributed by atoms with Gasteiger partial charge in [-0.25, -0.2) is 4.99 Å². The van der Waals surface area contributed by atoms with Gasteiger partial charge in [0.05, 0.1) is 19.8 Å². The number of ether oxygens (including phenoxy) is 1. The van der Waals surface area contributed by atoms with Gasteiger partial charge in [-0.15, -0.1) is 0 Å². The molecule has 31 heavy (non-hydrogen) atoms. The summed E-state index contributed by atoms with van der Waals surface area (Å²) in [6.07, 6.45) is 3.06. The van der Waals surface area contributed by atoms with Gasteiger partial charge in [0.2, 0.25) is 0 Å². The van der Waals surface area contributed by atoms with Crippen LogP contribution in [0.2, 0.25) is 0 Å². The first-order valence-electron chi connectivity index (χ1n) is 11.2. The molecule has 0 spiro atoms. The minimum Gasteiger partial charge on any atom is -0.378 e. The second kappa shape index (κ2) is 10.4. The molecular weight excluding hydrogens is 386 g/mol. The molecule has 0 aliphatic carbocycles. The monoisotopic (exact) mass is 419 g/mol. The molecule has 3 aromatic rings. The van der Waals surface area contributed by atoms with E-state index in [1.807, 2.05) is 0 Å². The van der Waals surface area contributed by atoms with Crippen molar-refractivity contribution in [3.63, 3.8) is 0 Å². The van der Waals surface area contributed by atoms with E-state index >= 15 is 0 Å². The van der Waals surface area contributed by atoms with E-state index < -0.39 is 0 Å². The van der Waals surface area contributed by atoms with Crippen molar-refractivity contribution in [2.75, 3.05) is 44.3 Å². The van der Waals surface area contributed by atoms with Gasteiger partial charge in [0, 0.05) is 49.0 Å². The molecule has 6 nitrogen and oxygen atoms in total. The molecule has 0 amide bonds. The van der Waals surface area contributed by atoms with Gasteiger partial charge in [0.1, 0.15) is 0 Å². The van der Waals surface area contributed by atoms with Gasteiger partial charge in [-0.3, -0.25) is 0 Å². The fourth-order valence-electron chi connectivity index (χ4n) is 3.97. The Hall–Kier alpha value is -2.99. The molecule has 0 radical (unpaired) electrons. The molecule has 0 bridgehead atoms. The highest BCUT2D eigenvalue weighted by molar-refractivity contribution is 5.84. The first kappa shape index (κ1) is 21.2. The minimum atomic E-state index is 0.658. The Labute approximate surface area is 184 Å². The van der Waals surface area contributed by atoms with E-state index in [9.17, 15) is 0 Å². The summed E-state index contributed by atoms with van der Waals surface area (Å²) in [4.78, 5) is 10.5. The Balaban J connectivity index is 1.32. The Kier molecular flexibility index (Phi) is 7.10. The molecule has 164 valence electrons. The molecule has 0 atom stereocenters. The number of nitrogens with one attached hydrogen (secondary N) is 3. The summed E-state index contributed by atoms with van der Waals surface area (Å²) in [5.41, 5.74) is 6.28. The van der Waals surface area contributed by atoms with Crippen LogP contribution < -0.4 is 15.5 Å². The number of hydrogen-bond donors (Lipinski definition) is 3. The Morgan fingerprint density at radius 2 is 1.90 bits per heavy atom. The van der Waals surface area contributed by atoms with Crippen molar-refractivity contribution in [3.05, 3.63) is 65.4 Å². The number of morpholine rings is 1. The Morgan fingerprint density at radius 1 is 1.10 bits per heavy atom. The number of aromatic nitrogens is 1. The minimum absolute atomic E-state index is 0.658. The van der Waals surface area contributed by atoms with Gasteiger partial charge in [0.15, 0.2) is 5.96 Å². The lowest BCUT2D eigenvalue weighted by Crippen LogP contribution is -2.38. The zero-order valence-electron chi connectivity index (χ0n) is 18.6. The van der Waals surface area contributed by atoms with Crippen LogP contribution in [0.1, 0.15) is 23.6 Å². The third-order valence-electron chi connectivity index (χ3n) is 5.69. The van der Waals surface area contributed by atoms with E-state index in [-0.39, 0.29) is 0 Å². The molecule has 1 aromatic heterocycles. The number of nitrogens with zero attached hydrogens (tertiary/aromatic N) is 2. The summed E-state index contributed by atoms with van der Waals surface area (Å²) in [6, 6.07) is 15.3. The molecule has 1 aliphatic heterocycles. The zero-order valence-corrected chi connectivity index (χ0v) is 18.6. The highest BCUT2D eigenvalue weighted by Crippen LogP contribution is 2.20. The molecule has 2 heterocycles. The molecule has 1 fully saturated rings. The summed E-state index contributed by atoms with van der Waals surface area (Å²) in [5, 5.41) is 8.12. The van der Waals surface area contributed by atoms with Gasteiger partial charge >= 0.3 is 0 Å². The molecular formula is C25H33N5O. The number of aromatic amines is 1. The van der Waals surface area contributed by atoms with Crippen molar-refractivity contribution >= 4 is 22.5 Å². The Bertz CT molecular complexity index is 1000. The molecule has 0 saturated carbocycles. The second-order valence-corrected chi connectivity index (χ2v) is 8.00. The van der Waals surface area contributed by atoms with E-state index in [2.05, 4.69) is 83.0 Å². The zero-order chi connectivity index (χ0) is 21.5. The topological polar surface area (TPSA) is 64.7 Å². The van der Waals surface area contributed by atoms with Crippen LogP contribution in [0.5, 0.6) is 0 Å². The highest BCUT2D eigenvalue weighted by atomic mass is 16.5. The summed E-state index contributed by atoms with van der Waals surface area (Å²) < 4.78 is 5.44. The van der Waals surface area contributed by atoms with Crippen molar-refractivity contribution < 1.29 is 4.74 Å². The fraction of sp³-hybridized carbons (Fsp3) is 0.400. The lowest BCUT2D eigenvalue weighted by molar-refractivity contribution is 0.122. The van der Waals surface area contributed by atoms with Gasteiger partial charge in [-0.05, 0) is 55.2 Å². The summed E-state index contributed by atoms with van der Waals surface area (Å²) in [5.74, 6) is 0.857. The quantitative estimate of drug-likeness (QED) is 0.404. The second-order valence-electron chi connectivity index (χ2n) is 8.00. The number of aliphatic imine (C=N–C) groups is 1. The van der Waals surface area contributed by atoms with E-state index in [0.29, 0.717) is 6.54 Å². The predicted molar refractivity (Wildman–Crippen MR) is 129 cm³/mol. The van der Waals surface area contributed by atoms with Gasteiger partial charge < -0.3 is 25.3 Å². The standard InChI is InChI=1S/C25H33N5O/c1-3-26-25(27-11-10-21-18-28-24-16-19(2)4-9-23(21)24)29-17-20-5-7-22(8-6-20)30-12-14-31-15-13-30/h4-9,16,18,28H,3,10-15,17H2,1-2H3,(H2,26,27,29). The maximum Gasteiger partial charge on any atom is 0.191 e. The molecule has 1 aliphatic rings. The molecule has 4 rings (SSSR count). The number of H-pyrrole nitrogens is 1. The largest absolute Gasteiger partial charge is 0.378 e. The number of rotatable bonds is 7. The van der Waals surface area contributed by atoms with Gasteiger partial charge in [0.25, 0.3) is 0 Å². The summed E-state index contributed by atoms with van der Waals surface area (Å²) in [7, 11) is 0. The van der Waals surface area contributed by atoms with Crippen molar-refractivity contribution in [2.24, 2.45) is 4.99 Å². The van der Waals surface area contributed by atoms with Crippen LogP contribution in [0.25, 0.3) is 10.9 Å². The van der Waals surface area contributed by atoms with Crippen LogP contribution in [0, 0.1) is 6.92 Å². The van der Waals surface area contributed by atoms with Crippen molar-refractivity contribution in [1.29, 1.82) is 0 Å². The normalized spacial score (nSPS) is 14.8. The van der Waals surface area contributed by atoms with Crippen molar-refractivity contribution in [3.8, 4) is 0 Å². The SMILES string of the molecule is CCNC(=NCc1ccc(N2CCOCC2)cc1)NCCc1c[nH]c2cc(C)ccc12. The highest BCUT2D eigenvalue weighted by Gasteiger charge is 2.10. The number of hydrogen-bond acceptors (Lipinski definition) is 3. The van der Waals surface area contributed by atoms with E-state index in [1.54, 1.807) is 0 Å². The number of fused-ring (bicyclic) bond motifs is 1. The van der Waals surface area contributed by atoms with E-state index in [4.69, 9.17) is 9.73 Å². The fourth-order valence-corrected chi connectivity index (χ4v) is 3.97. The lowest BCUT2D eigenvalue weighted by atomic mass is 10.1. The first-order chi connectivity index (χ1) is 15.2. The lowest BCUT2D eigenvalue weighted by Gasteiger charge is -2.28. The van der Waals surface area contributed by atoms with Crippen molar-refractivity contribution in [2.45, 2.75) is 26.8 Å². The van der Waals surface area contributed by atoms with Crippen LogP contribution in [-0.2, 0) is 17.7 Å². The van der Waals surface area contributed by atoms with Gasteiger partial charge in [-0.2, -0.15) is 0 Å². The third kappa shape index (κ3) is 5.58. The first-order valence-corrected chi connectivity index (χ1v) is 11.2. The van der Waals surface area contributed by atoms with E-state index in [0.717, 1.165) is 51.8 Å². The van der Waals surface area contributed by atoms with E-state index in [1.165, 1.54) is 33.3 Å². The maximum absolute atomic E-state index is 5.44. The average molecular weight is 420 g/mol. The molecule has 1 saturated heterocycles. The summed E-state index contributed by atoms with van der Waals surface area (Å²) in [6.45, 7) is 10.1. The van der Waals surface area contributed by atoms with Crippen LogP contribution >= 0.6 is 0 Å². The number of benzene rings is 2. The predicted octanol–water partition coefficient (Wildman–Crippen LogP) is 3.61. The average Bonchev–Trinajstić information content (AvgIpc) is 3.20.